The summed E-state index contributed by atoms with van der Waals surface area (Å²) < 4.78 is 10.1. The van der Waals surface area contributed by atoms with E-state index in [2.05, 4.69) is 10.6 Å². The summed E-state index contributed by atoms with van der Waals surface area (Å²) in [6.07, 6.45) is 3.06. The van der Waals surface area contributed by atoms with Crippen molar-refractivity contribution < 1.29 is 19.1 Å². The lowest BCUT2D eigenvalue weighted by molar-refractivity contribution is -0.124. The van der Waals surface area contributed by atoms with Gasteiger partial charge >= 0.3 is 0 Å². The third-order valence-corrected chi connectivity index (χ3v) is 2.67. The smallest absolute Gasteiger partial charge is 0.244 e. The van der Waals surface area contributed by atoms with Crippen LogP contribution in [-0.4, -0.2) is 45.2 Å². The largest absolute Gasteiger partial charge is 0.494 e. The Hall–Kier alpha value is -2.34. The van der Waals surface area contributed by atoms with Gasteiger partial charge in [-0.1, -0.05) is 12.1 Å². The molecular weight excluding hydrogens is 284 g/mol. The number of carbonyl (C=O) groups is 2. The average Bonchev–Trinajstić information content (AvgIpc) is 2.53. The zero-order valence-corrected chi connectivity index (χ0v) is 12.9. The van der Waals surface area contributed by atoms with Gasteiger partial charge in [0.25, 0.3) is 0 Å². The van der Waals surface area contributed by atoms with Crippen molar-refractivity contribution in [1.82, 2.24) is 10.6 Å². The number of hydrogen-bond acceptors (Lipinski definition) is 4. The second-order valence-corrected chi connectivity index (χ2v) is 4.40. The van der Waals surface area contributed by atoms with Crippen LogP contribution in [0.4, 0.5) is 0 Å². The zero-order chi connectivity index (χ0) is 16.2. The molecule has 0 heterocycles. The van der Waals surface area contributed by atoms with Crippen LogP contribution in [0.5, 0.6) is 5.75 Å². The van der Waals surface area contributed by atoms with Gasteiger partial charge in [-0.15, -0.1) is 0 Å². The molecule has 0 saturated carbocycles. The third kappa shape index (κ3) is 7.44. The van der Waals surface area contributed by atoms with Crippen LogP contribution in [-0.2, 0) is 14.3 Å². The molecule has 0 spiro atoms. The zero-order valence-electron chi connectivity index (χ0n) is 12.9. The summed E-state index contributed by atoms with van der Waals surface area (Å²) in [5.41, 5.74) is 0.878. The van der Waals surface area contributed by atoms with E-state index in [0.29, 0.717) is 19.8 Å². The molecule has 6 nitrogen and oxygen atoms in total. The number of methoxy groups -OCH3 is 1. The molecule has 0 saturated heterocycles. The first kappa shape index (κ1) is 17.7. The minimum absolute atomic E-state index is 0.0594. The second kappa shape index (κ2) is 10.4. The maximum atomic E-state index is 11.6. The Balaban J connectivity index is 2.33. The minimum Gasteiger partial charge on any atom is -0.494 e. The Morgan fingerprint density at radius 2 is 1.91 bits per heavy atom. The van der Waals surface area contributed by atoms with E-state index in [9.17, 15) is 9.59 Å². The molecule has 0 aliphatic carbocycles. The van der Waals surface area contributed by atoms with Gasteiger partial charge < -0.3 is 20.1 Å². The molecule has 0 atom stereocenters. The first-order valence-corrected chi connectivity index (χ1v) is 7.10. The van der Waals surface area contributed by atoms with E-state index in [0.717, 1.165) is 11.3 Å². The van der Waals surface area contributed by atoms with Gasteiger partial charge in [0.2, 0.25) is 11.8 Å². The van der Waals surface area contributed by atoms with E-state index in [1.165, 1.54) is 6.08 Å². The van der Waals surface area contributed by atoms with Crippen molar-refractivity contribution in [2.45, 2.75) is 6.92 Å². The van der Waals surface area contributed by atoms with Crippen LogP contribution in [0, 0.1) is 0 Å². The molecule has 1 aromatic carbocycles. The highest BCUT2D eigenvalue weighted by molar-refractivity contribution is 5.94. The Labute approximate surface area is 130 Å². The van der Waals surface area contributed by atoms with Crippen LogP contribution in [0.1, 0.15) is 12.5 Å². The Morgan fingerprint density at radius 3 is 2.55 bits per heavy atom. The summed E-state index contributed by atoms with van der Waals surface area (Å²) in [4.78, 5) is 23.0. The fraction of sp³-hybridized carbons (Fsp3) is 0.375. The van der Waals surface area contributed by atoms with Crippen molar-refractivity contribution in [3.8, 4) is 5.75 Å². The summed E-state index contributed by atoms with van der Waals surface area (Å²) in [5.74, 6) is 0.215. The summed E-state index contributed by atoms with van der Waals surface area (Å²) in [6.45, 7) is 3.34. The molecule has 0 radical (unpaired) electrons. The van der Waals surface area contributed by atoms with Crippen LogP contribution in [0.15, 0.2) is 30.3 Å². The maximum absolute atomic E-state index is 11.6. The third-order valence-electron chi connectivity index (χ3n) is 2.67. The van der Waals surface area contributed by atoms with Gasteiger partial charge in [0, 0.05) is 19.7 Å². The van der Waals surface area contributed by atoms with Crippen LogP contribution >= 0.6 is 0 Å². The standard InChI is InChI=1S/C16H22N2O4/c1-3-22-14-7-4-13(5-8-14)6-9-15(19)18-12-16(20)17-10-11-21-2/h4-9H,3,10-12H2,1-2H3,(H,17,20)(H,18,19)/b9-6+. The van der Waals surface area contributed by atoms with Crippen LogP contribution in [0.25, 0.3) is 6.08 Å². The van der Waals surface area contributed by atoms with Gasteiger partial charge in [-0.05, 0) is 30.7 Å². The predicted octanol–water partition coefficient (Wildman–Crippen LogP) is 0.977. The molecule has 120 valence electrons. The molecule has 22 heavy (non-hydrogen) atoms. The highest BCUT2D eigenvalue weighted by Crippen LogP contribution is 2.12. The van der Waals surface area contributed by atoms with Crippen molar-refractivity contribution in [1.29, 1.82) is 0 Å². The van der Waals surface area contributed by atoms with Crippen LogP contribution in [0.2, 0.25) is 0 Å². The number of benzene rings is 1. The number of amides is 2. The summed E-state index contributed by atoms with van der Waals surface area (Å²) in [6, 6.07) is 7.38. The van der Waals surface area contributed by atoms with E-state index in [1.807, 2.05) is 31.2 Å². The topological polar surface area (TPSA) is 76.7 Å². The van der Waals surface area contributed by atoms with E-state index in [4.69, 9.17) is 9.47 Å². The molecular formula is C16H22N2O4. The first-order chi connectivity index (χ1) is 10.7. The number of rotatable bonds is 9. The summed E-state index contributed by atoms with van der Waals surface area (Å²) >= 11 is 0. The van der Waals surface area contributed by atoms with Crippen molar-refractivity contribution in [3.05, 3.63) is 35.9 Å². The SMILES string of the molecule is CCOc1ccc(/C=C/C(=O)NCC(=O)NCCOC)cc1. The first-order valence-electron chi connectivity index (χ1n) is 7.10. The molecule has 0 aliphatic rings. The molecule has 0 unspecified atom stereocenters. The predicted molar refractivity (Wildman–Crippen MR) is 84.5 cm³/mol. The molecule has 1 rings (SSSR count). The lowest BCUT2D eigenvalue weighted by Gasteiger charge is -2.04. The fourth-order valence-corrected chi connectivity index (χ4v) is 1.60. The maximum Gasteiger partial charge on any atom is 0.244 e. The van der Waals surface area contributed by atoms with Gasteiger partial charge in [0.05, 0.1) is 19.8 Å². The summed E-state index contributed by atoms with van der Waals surface area (Å²) in [5, 5.41) is 5.12. The van der Waals surface area contributed by atoms with Gasteiger partial charge in [-0.2, -0.15) is 0 Å². The normalized spacial score (nSPS) is 10.5. The minimum atomic E-state index is -0.323. The van der Waals surface area contributed by atoms with Crippen molar-refractivity contribution in [3.63, 3.8) is 0 Å². The Morgan fingerprint density at radius 1 is 1.18 bits per heavy atom. The molecule has 0 bridgehead atoms. The average molecular weight is 306 g/mol. The lowest BCUT2D eigenvalue weighted by Crippen LogP contribution is -2.37. The van der Waals surface area contributed by atoms with Gasteiger partial charge in [-0.3, -0.25) is 9.59 Å². The van der Waals surface area contributed by atoms with Gasteiger partial charge in [0.1, 0.15) is 5.75 Å². The second-order valence-electron chi connectivity index (χ2n) is 4.40. The van der Waals surface area contributed by atoms with E-state index < -0.39 is 0 Å². The number of carbonyl (C=O) groups excluding carboxylic acids is 2. The van der Waals surface area contributed by atoms with E-state index >= 15 is 0 Å². The number of hydrogen-bond donors (Lipinski definition) is 2. The molecule has 0 fully saturated rings. The quantitative estimate of drug-likeness (QED) is 0.527. The van der Waals surface area contributed by atoms with Crippen molar-refractivity contribution >= 4 is 17.9 Å². The Bertz CT molecular complexity index is 497. The molecule has 6 heteroatoms. The van der Waals surface area contributed by atoms with E-state index in [-0.39, 0.29) is 18.4 Å². The molecule has 2 amide bonds. The molecule has 0 aliphatic heterocycles. The van der Waals surface area contributed by atoms with Crippen molar-refractivity contribution in [2.75, 3.05) is 33.4 Å². The highest BCUT2D eigenvalue weighted by Gasteiger charge is 2.02. The van der Waals surface area contributed by atoms with Gasteiger partial charge in [-0.25, -0.2) is 0 Å². The number of nitrogens with one attached hydrogen (secondary N) is 2. The van der Waals surface area contributed by atoms with Gasteiger partial charge in [0.15, 0.2) is 0 Å². The molecule has 2 N–H and O–H groups in total. The van der Waals surface area contributed by atoms with Crippen LogP contribution < -0.4 is 15.4 Å². The van der Waals surface area contributed by atoms with E-state index in [1.54, 1.807) is 13.2 Å². The molecule has 0 aromatic heterocycles. The fourth-order valence-electron chi connectivity index (χ4n) is 1.60. The molecule has 1 aromatic rings. The monoisotopic (exact) mass is 306 g/mol. The highest BCUT2D eigenvalue weighted by atomic mass is 16.5. The summed E-state index contributed by atoms with van der Waals surface area (Å²) in [7, 11) is 1.56. The Kier molecular flexibility index (Phi) is 8.37. The van der Waals surface area contributed by atoms with Crippen LogP contribution in [0.3, 0.4) is 0 Å². The lowest BCUT2D eigenvalue weighted by atomic mass is 10.2. The number of ether oxygens (including phenoxy) is 2. The van der Waals surface area contributed by atoms with Crippen molar-refractivity contribution in [2.24, 2.45) is 0 Å².